The van der Waals surface area contributed by atoms with Crippen LogP contribution >= 0.6 is 0 Å². The molecule has 35 heavy (non-hydrogen) atoms. The number of aromatic amines is 1. The summed E-state index contributed by atoms with van der Waals surface area (Å²) in [7, 11) is 1.57. The maximum absolute atomic E-state index is 12.8. The number of urea groups is 1. The number of hydrogen-bond donors (Lipinski definition) is 4. The van der Waals surface area contributed by atoms with Gasteiger partial charge in [-0.1, -0.05) is 49.6 Å². The van der Waals surface area contributed by atoms with Gasteiger partial charge in [0.05, 0.1) is 6.54 Å². The highest BCUT2D eigenvalue weighted by Gasteiger charge is 2.52. The van der Waals surface area contributed by atoms with Crippen molar-refractivity contribution in [1.82, 2.24) is 25.3 Å². The fourth-order valence-corrected chi connectivity index (χ4v) is 4.65. The van der Waals surface area contributed by atoms with Crippen molar-refractivity contribution in [2.24, 2.45) is 0 Å². The SMILES string of the molecule is CN(CCC(=O)NN1C(=O)NC2(CCCCC2)C1=O)c1c(N)n(Cc2ccccc2)c(=O)[nH]c1=O. The lowest BCUT2D eigenvalue weighted by molar-refractivity contribution is -0.139. The van der Waals surface area contributed by atoms with Crippen LogP contribution in [0, 0.1) is 0 Å². The van der Waals surface area contributed by atoms with Crippen LogP contribution in [0.15, 0.2) is 39.9 Å². The fourth-order valence-electron chi connectivity index (χ4n) is 4.65. The van der Waals surface area contributed by atoms with Crippen molar-refractivity contribution in [2.75, 3.05) is 24.2 Å². The van der Waals surface area contributed by atoms with Crippen LogP contribution in [0.5, 0.6) is 0 Å². The Bertz CT molecular complexity index is 1250. The first-order valence-corrected chi connectivity index (χ1v) is 11.6. The van der Waals surface area contributed by atoms with Crippen LogP contribution in [0.2, 0.25) is 0 Å². The second kappa shape index (κ2) is 9.65. The summed E-state index contributed by atoms with van der Waals surface area (Å²) in [6.45, 7) is 0.217. The first-order chi connectivity index (χ1) is 16.7. The molecule has 12 heteroatoms. The molecule has 1 spiro atoms. The summed E-state index contributed by atoms with van der Waals surface area (Å²) in [5, 5.41) is 3.47. The van der Waals surface area contributed by atoms with E-state index in [0.29, 0.717) is 12.8 Å². The van der Waals surface area contributed by atoms with Gasteiger partial charge in [0.2, 0.25) is 5.91 Å². The van der Waals surface area contributed by atoms with Crippen LogP contribution in [0.25, 0.3) is 0 Å². The first-order valence-electron chi connectivity index (χ1n) is 11.6. The highest BCUT2D eigenvalue weighted by atomic mass is 16.2. The maximum atomic E-state index is 12.8. The monoisotopic (exact) mass is 483 g/mol. The Labute approximate surface area is 201 Å². The lowest BCUT2D eigenvalue weighted by Gasteiger charge is -2.30. The summed E-state index contributed by atoms with van der Waals surface area (Å²) in [4.78, 5) is 66.3. The van der Waals surface area contributed by atoms with E-state index >= 15 is 0 Å². The molecule has 12 nitrogen and oxygen atoms in total. The largest absolute Gasteiger partial charge is 0.383 e. The van der Waals surface area contributed by atoms with E-state index in [9.17, 15) is 24.0 Å². The van der Waals surface area contributed by atoms with Crippen molar-refractivity contribution >= 4 is 29.4 Å². The molecule has 1 aromatic heterocycles. The highest BCUT2D eigenvalue weighted by Crippen LogP contribution is 2.33. The fraction of sp³-hybridized carbons (Fsp3) is 0.435. The number of rotatable bonds is 7. The van der Waals surface area contributed by atoms with Gasteiger partial charge in [-0.2, -0.15) is 5.01 Å². The molecule has 1 saturated carbocycles. The molecule has 2 fully saturated rings. The van der Waals surface area contributed by atoms with Crippen molar-refractivity contribution in [3.8, 4) is 0 Å². The van der Waals surface area contributed by atoms with Gasteiger partial charge in [0.1, 0.15) is 17.0 Å². The Kier molecular flexibility index (Phi) is 6.63. The van der Waals surface area contributed by atoms with Crippen LogP contribution in [0.4, 0.5) is 16.3 Å². The standard InChI is InChI=1S/C23H29N7O5/c1-28(17-18(24)29(21(34)25-19(17)32)14-15-8-4-2-5-9-15)13-10-16(31)27-30-20(33)23(26-22(30)35)11-6-3-7-12-23/h2,4-5,8-9H,3,6-7,10-14,24H2,1H3,(H,26,35)(H,27,31)(H,25,32,34). The van der Waals surface area contributed by atoms with Gasteiger partial charge in [0.15, 0.2) is 0 Å². The number of carbonyl (C=O) groups is 3. The van der Waals surface area contributed by atoms with Gasteiger partial charge >= 0.3 is 11.7 Å². The molecular formula is C23H29N7O5. The van der Waals surface area contributed by atoms with Crippen LogP contribution in [-0.4, -0.2) is 51.5 Å². The van der Waals surface area contributed by atoms with Gasteiger partial charge < -0.3 is 16.0 Å². The average molecular weight is 484 g/mol. The third-order valence-corrected chi connectivity index (χ3v) is 6.56. The summed E-state index contributed by atoms with van der Waals surface area (Å²) < 4.78 is 1.25. The lowest BCUT2D eigenvalue weighted by Crippen LogP contribution is -2.51. The van der Waals surface area contributed by atoms with Crippen LogP contribution in [0.1, 0.15) is 44.1 Å². The minimum atomic E-state index is -0.937. The number of nitrogen functional groups attached to an aromatic ring is 1. The molecule has 5 N–H and O–H groups in total. The summed E-state index contributed by atoms with van der Waals surface area (Å²) in [5.41, 5.74) is 7.18. The molecule has 1 aliphatic heterocycles. The Morgan fingerprint density at radius 1 is 1.11 bits per heavy atom. The number of aromatic nitrogens is 2. The number of H-pyrrole nitrogens is 1. The minimum absolute atomic E-state index is 0.0288. The average Bonchev–Trinajstić information content (AvgIpc) is 3.05. The number of nitrogens with one attached hydrogen (secondary N) is 3. The van der Waals surface area contributed by atoms with E-state index in [4.69, 9.17) is 5.73 Å². The summed E-state index contributed by atoms with van der Waals surface area (Å²) in [5.74, 6) is -1.04. The molecule has 0 unspecified atom stereocenters. The number of benzene rings is 1. The number of carbonyl (C=O) groups excluding carboxylic acids is 3. The van der Waals surface area contributed by atoms with Crippen LogP contribution < -0.4 is 32.6 Å². The normalized spacial score (nSPS) is 16.9. The zero-order valence-corrected chi connectivity index (χ0v) is 19.5. The van der Waals surface area contributed by atoms with E-state index in [1.807, 2.05) is 30.3 Å². The number of hydrazine groups is 1. The molecular weight excluding hydrogens is 454 g/mol. The Balaban J connectivity index is 1.42. The zero-order chi connectivity index (χ0) is 25.2. The van der Waals surface area contributed by atoms with Gasteiger partial charge in [-0.05, 0) is 18.4 Å². The quantitative estimate of drug-likeness (QED) is 0.411. The second-order valence-corrected chi connectivity index (χ2v) is 8.98. The number of amides is 4. The third-order valence-electron chi connectivity index (χ3n) is 6.56. The number of hydrogen-bond acceptors (Lipinski definition) is 7. The van der Waals surface area contributed by atoms with Crippen molar-refractivity contribution < 1.29 is 14.4 Å². The van der Waals surface area contributed by atoms with Gasteiger partial charge in [-0.15, -0.1) is 0 Å². The Morgan fingerprint density at radius 2 is 1.80 bits per heavy atom. The van der Waals surface area contributed by atoms with Gasteiger partial charge in [0, 0.05) is 20.0 Å². The molecule has 0 radical (unpaired) electrons. The molecule has 2 aliphatic rings. The molecule has 186 valence electrons. The smallest absolute Gasteiger partial charge is 0.344 e. The number of nitrogens with two attached hydrogens (primary N) is 1. The van der Waals surface area contributed by atoms with E-state index in [2.05, 4.69) is 15.7 Å². The molecule has 1 aromatic carbocycles. The summed E-state index contributed by atoms with van der Waals surface area (Å²) in [6, 6.07) is 8.52. The Hall–Kier alpha value is -4.09. The predicted octanol–water partition coefficient (Wildman–Crippen LogP) is 0.279. The number of anilines is 2. The molecule has 1 saturated heterocycles. The van der Waals surface area contributed by atoms with E-state index in [-0.39, 0.29) is 31.0 Å². The van der Waals surface area contributed by atoms with E-state index in [0.717, 1.165) is 29.8 Å². The van der Waals surface area contributed by atoms with E-state index < -0.39 is 34.6 Å². The van der Waals surface area contributed by atoms with Gasteiger partial charge in [-0.25, -0.2) is 9.59 Å². The van der Waals surface area contributed by atoms with Gasteiger partial charge in [0.25, 0.3) is 11.5 Å². The maximum Gasteiger partial charge on any atom is 0.344 e. The summed E-state index contributed by atoms with van der Waals surface area (Å²) >= 11 is 0. The van der Waals surface area contributed by atoms with E-state index in [1.165, 1.54) is 9.47 Å². The summed E-state index contributed by atoms with van der Waals surface area (Å²) in [6.07, 6.45) is 3.64. The predicted molar refractivity (Wildman–Crippen MR) is 129 cm³/mol. The van der Waals surface area contributed by atoms with E-state index in [1.54, 1.807) is 7.05 Å². The zero-order valence-electron chi connectivity index (χ0n) is 19.5. The number of imide groups is 1. The third kappa shape index (κ3) is 4.77. The highest BCUT2D eigenvalue weighted by molar-refractivity contribution is 6.08. The molecule has 1 aliphatic carbocycles. The van der Waals surface area contributed by atoms with Crippen LogP contribution in [-0.2, 0) is 16.1 Å². The lowest BCUT2D eigenvalue weighted by atomic mass is 9.82. The molecule has 0 atom stereocenters. The molecule has 2 heterocycles. The van der Waals surface area contributed by atoms with Crippen molar-refractivity contribution in [1.29, 1.82) is 0 Å². The molecule has 4 rings (SSSR count). The number of nitrogens with zero attached hydrogens (tertiary/aromatic N) is 3. The van der Waals surface area contributed by atoms with Gasteiger partial charge in [-0.3, -0.25) is 29.4 Å². The Morgan fingerprint density at radius 3 is 2.49 bits per heavy atom. The van der Waals surface area contributed by atoms with Crippen molar-refractivity contribution in [3.63, 3.8) is 0 Å². The molecule has 0 bridgehead atoms. The first kappa shape index (κ1) is 24.0. The van der Waals surface area contributed by atoms with Crippen LogP contribution in [0.3, 0.4) is 0 Å². The second-order valence-electron chi connectivity index (χ2n) is 8.98. The molecule has 4 amide bonds. The molecule has 2 aromatic rings. The van der Waals surface area contributed by atoms with Crippen molar-refractivity contribution in [2.45, 2.75) is 50.6 Å². The minimum Gasteiger partial charge on any atom is -0.383 e. The topological polar surface area (TPSA) is 163 Å². The van der Waals surface area contributed by atoms with Crippen molar-refractivity contribution in [3.05, 3.63) is 56.7 Å².